The highest BCUT2D eigenvalue weighted by Crippen LogP contribution is 2.39. The third-order valence-corrected chi connectivity index (χ3v) is 5.84. The highest BCUT2D eigenvalue weighted by Gasteiger charge is 2.40. The zero-order valence-corrected chi connectivity index (χ0v) is 13.6. The lowest BCUT2D eigenvalue weighted by molar-refractivity contribution is 0.0359. The number of fused-ring (bicyclic) bond motifs is 2. The zero-order chi connectivity index (χ0) is 15.1. The van der Waals surface area contributed by atoms with Gasteiger partial charge in [-0.3, -0.25) is 0 Å². The summed E-state index contributed by atoms with van der Waals surface area (Å²) in [5, 5.41) is 10.4. The van der Waals surface area contributed by atoms with E-state index in [2.05, 4.69) is 27.9 Å². The summed E-state index contributed by atoms with van der Waals surface area (Å²) >= 11 is 3.07. The maximum absolute atomic E-state index is 14.0. The minimum absolute atomic E-state index is 0.0110. The average molecular weight is 360 g/mol. The third kappa shape index (κ3) is 2.88. The molecule has 3 unspecified atom stereocenters. The van der Waals surface area contributed by atoms with Crippen molar-refractivity contribution < 1.29 is 13.9 Å². The summed E-state index contributed by atoms with van der Waals surface area (Å²) in [6.45, 7) is 0. The van der Waals surface area contributed by atoms with Crippen LogP contribution in [0.4, 0.5) is 8.78 Å². The summed E-state index contributed by atoms with van der Waals surface area (Å²) in [5.74, 6) is -1.04. The number of rotatable bonds is 3. The molecule has 2 saturated heterocycles. The van der Waals surface area contributed by atoms with E-state index in [-0.39, 0.29) is 22.4 Å². The molecule has 2 aliphatic rings. The molecule has 2 aliphatic heterocycles. The minimum Gasteiger partial charge on any atom is -0.392 e. The predicted octanol–water partition coefficient (Wildman–Crippen LogP) is 3.50. The van der Waals surface area contributed by atoms with Crippen molar-refractivity contribution in [1.82, 2.24) is 4.90 Å². The van der Waals surface area contributed by atoms with E-state index in [0.717, 1.165) is 12.8 Å². The fraction of sp³-hybridized carbons (Fsp3) is 0.625. The van der Waals surface area contributed by atoms with Crippen LogP contribution in [0.1, 0.15) is 31.2 Å². The van der Waals surface area contributed by atoms with E-state index in [0.29, 0.717) is 12.1 Å². The number of nitrogens with zero attached hydrogens (tertiary/aromatic N) is 1. The number of aliphatic hydroxyl groups is 1. The van der Waals surface area contributed by atoms with Crippen molar-refractivity contribution >= 4 is 15.9 Å². The largest absolute Gasteiger partial charge is 0.392 e. The number of hydrogen-bond donors (Lipinski definition) is 1. The van der Waals surface area contributed by atoms with Crippen molar-refractivity contribution in [3.63, 3.8) is 0 Å². The van der Waals surface area contributed by atoms with Crippen LogP contribution in [0.3, 0.4) is 0 Å². The Labute approximate surface area is 132 Å². The van der Waals surface area contributed by atoms with Gasteiger partial charge in [-0.05, 0) is 66.7 Å². The van der Waals surface area contributed by atoms with E-state index in [1.165, 1.54) is 25.0 Å². The molecule has 0 aliphatic carbocycles. The third-order valence-electron chi connectivity index (χ3n) is 5.23. The maximum atomic E-state index is 14.0. The first-order chi connectivity index (χ1) is 9.97. The summed E-state index contributed by atoms with van der Waals surface area (Å²) in [7, 11) is 2.14. The molecule has 2 nitrogen and oxygen atoms in total. The van der Waals surface area contributed by atoms with E-state index >= 15 is 0 Å². The smallest absolute Gasteiger partial charge is 0.143 e. The highest BCUT2D eigenvalue weighted by atomic mass is 79.9. The predicted molar refractivity (Wildman–Crippen MR) is 81.1 cm³/mol. The van der Waals surface area contributed by atoms with E-state index in [1.54, 1.807) is 0 Å². The van der Waals surface area contributed by atoms with Gasteiger partial charge < -0.3 is 10.0 Å². The second kappa shape index (κ2) is 5.94. The molecule has 5 heteroatoms. The molecule has 2 heterocycles. The van der Waals surface area contributed by atoms with E-state index in [9.17, 15) is 13.9 Å². The van der Waals surface area contributed by atoms with Gasteiger partial charge in [-0.1, -0.05) is 0 Å². The quantitative estimate of drug-likeness (QED) is 0.834. The van der Waals surface area contributed by atoms with Gasteiger partial charge in [-0.2, -0.15) is 0 Å². The van der Waals surface area contributed by atoms with Gasteiger partial charge in [0, 0.05) is 24.1 Å². The zero-order valence-electron chi connectivity index (χ0n) is 12.0. The molecule has 3 rings (SSSR count). The molecular weight excluding hydrogens is 340 g/mol. The Kier molecular flexibility index (Phi) is 4.35. The Morgan fingerprint density at radius 2 is 1.90 bits per heavy atom. The van der Waals surface area contributed by atoms with Gasteiger partial charge in [0.2, 0.25) is 0 Å². The minimum atomic E-state index is -0.680. The molecule has 2 bridgehead atoms. The summed E-state index contributed by atoms with van der Waals surface area (Å²) in [6, 6.07) is 3.63. The number of hydrogen-bond acceptors (Lipinski definition) is 2. The van der Waals surface area contributed by atoms with Gasteiger partial charge in [0.15, 0.2) is 0 Å². The molecule has 0 radical (unpaired) electrons. The Morgan fingerprint density at radius 3 is 2.52 bits per heavy atom. The van der Waals surface area contributed by atoms with Crippen LogP contribution < -0.4 is 0 Å². The summed E-state index contributed by atoms with van der Waals surface area (Å²) in [6.07, 6.45) is 3.55. The average Bonchev–Trinajstić information content (AvgIpc) is 2.68. The molecule has 0 saturated carbocycles. The molecule has 0 spiro atoms. The summed E-state index contributed by atoms with van der Waals surface area (Å²) < 4.78 is 28.1. The van der Waals surface area contributed by atoms with Gasteiger partial charge in [0.1, 0.15) is 11.6 Å². The van der Waals surface area contributed by atoms with Crippen LogP contribution >= 0.6 is 15.9 Å². The normalized spacial score (nSPS) is 30.6. The van der Waals surface area contributed by atoms with Crippen LogP contribution in [0.25, 0.3) is 0 Å². The lowest BCUT2D eigenvalue weighted by Gasteiger charge is -2.38. The molecule has 0 aromatic heterocycles. The van der Waals surface area contributed by atoms with E-state index in [4.69, 9.17) is 0 Å². The van der Waals surface area contributed by atoms with Crippen LogP contribution in [0.15, 0.2) is 16.6 Å². The molecule has 3 atom stereocenters. The molecule has 1 N–H and O–H groups in total. The maximum Gasteiger partial charge on any atom is 0.143 e. The monoisotopic (exact) mass is 359 g/mol. The lowest BCUT2D eigenvalue weighted by atomic mass is 9.84. The molecule has 1 aromatic carbocycles. The van der Waals surface area contributed by atoms with Crippen LogP contribution in [0.5, 0.6) is 0 Å². The van der Waals surface area contributed by atoms with Crippen molar-refractivity contribution in [2.45, 2.75) is 50.3 Å². The first-order valence-electron chi connectivity index (χ1n) is 7.49. The second-order valence-corrected chi connectivity index (χ2v) is 7.23. The highest BCUT2D eigenvalue weighted by molar-refractivity contribution is 9.10. The van der Waals surface area contributed by atoms with Gasteiger partial charge in [-0.15, -0.1) is 0 Å². The number of aliphatic hydroxyl groups excluding tert-OH is 1. The van der Waals surface area contributed by atoms with Crippen LogP contribution in [0.2, 0.25) is 0 Å². The Morgan fingerprint density at radius 1 is 1.29 bits per heavy atom. The van der Waals surface area contributed by atoms with Gasteiger partial charge in [0.05, 0.1) is 10.6 Å². The van der Waals surface area contributed by atoms with E-state index < -0.39 is 17.7 Å². The molecule has 116 valence electrons. The topological polar surface area (TPSA) is 23.5 Å². The van der Waals surface area contributed by atoms with Crippen molar-refractivity contribution in [3.8, 4) is 0 Å². The van der Waals surface area contributed by atoms with Crippen molar-refractivity contribution in [2.75, 3.05) is 7.05 Å². The van der Waals surface area contributed by atoms with Crippen molar-refractivity contribution in [2.24, 2.45) is 5.92 Å². The number of piperidine rings is 1. The van der Waals surface area contributed by atoms with Crippen LogP contribution in [-0.2, 0) is 6.42 Å². The fourth-order valence-corrected chi connectivity index (χ4v) is 4.27. The number of benzene rings is 1. The van der Waals surface area contributed by atoms with Crippen LogP contribution in [-0.4, -0.2) is 35.2 Å². The van der Waals surface area contributed by atoms with Gasteiger partial charge in [0.25, 0.3) is 0 Å². The molecule has 2 fully saturated rings. The summed E-state index contributed by atoms with van der Waals surface area (Å²) in [4.78, 5) is 2.39. The lowest BCUT2D eigenvalue weighted by Crippen LogP contribution is -2.43. The van der Waals surface area contributed by atoms with Crippen LogP contribution in [0, 0.1) is 17.6 Å². The standard InChI is InChI=1S/C16H20BrF2NO/c1-20-10-2-3-11(20)7-9(6-10)15(21)8-12-14(18)5-4-13(17)16(12)19/h4-5,9-11,15,21H,2-3,6-8H2,1H3. The summed E-state index contributed by atoms with van der Waals surface area (Å²) in [5.41, 5.74) is -0.0110. The molecule has 1 aromatic rings. The van der Waals surface area contributed by atoms with Gasteiger partial charge >= 0.3 is 0 Å². The number of halogens is 3. The van der Waals surface area contributed by atoms with E-state index in [1.807, 2.05) is 0 Å². The Bertz CT molecular complexity index is 525. The SMILES string of the molecule is CN1C2CCC1CC(C(O)Cc1c(F)ccc(Br)c1F)C2. The van der Waals surface area contributed by atoms with Crippen molar-refractivity contribution in [1.29, 1.82) is 0 Å². The van der Waals surface area contributed by atoms with Crippen molar-refractivity contribution in [3.05, 3.63) is 33.8 Å². The Balaban J connectivity index is 1.73. The molecule has 0 amide bonds. The Hall–Kier alpha value is -0.520. The second-order valence-electron chi connectivity index (χ2n) is 6.38. The molecular formula is C16H20BrF2NO. The first-order valence-corrected chi connectivity index (χ1v) is 8.29. The van der Waals surface area contributed by atoms with Gasteiger partial charge in [-0.25, -0.2) is 8.78 Å². The fourth-order valence-electron chi connectivity index (χ4n) is 3.90. The molecule has 21 heavy (non-hydrogen) atoms. The first kappa shape index (κ1) is 15.4.